The Morgan fingerprint density at radius 1 is 0.913 bits per heavy atom. The van der Waals surface area contributed by atoms with Crippen molar-refractivity contribution in [1.29, 1.82) is 0 Å². The minimum atomic E-state index is -0.663. The van der Waals surface area contributed by atoms with E-state index in [4.69, 9.17) is 46.4 Å². The second-order valence-corrected chi connectivity index (χ2v) is 6.15. The molecule has 2 aromatic carbocycles. The zero-order valence-electron chi connectivity index (χ0n) is 11.7. The molecule has 0 spiro atoms. The fourth-order valence-electron chi connectivity index (χ4n) is 1.74. The highest BCUT2D eigenvalue weighted by Gasteiger charge is 2.23. The second-order valence-electron chi connectivity index (χ2n) is 4.52. The Labute approximate surface area is 152 Å². The summed E-state index contributed by atoms with van der Waals surface area (Å²) in [6.45, 7) is 0. The van der Waals surface area contributed by atoms with Gasteiger partial charge >= 0.3 is 6.03 Å². The SMILES string of the molecule is CN(C(=O)Nc1ccc(Cl)c(Cl)c1)C(=O)c1c(Cl)cccc1Cl. The van der Waals surface area contributed by atoms with E-state index in [0.717, 1.165) is 4.90 Å². The Morgan fingerprint density at radius 2 is 1.52 bits per heavy atom. The summed E-state index contributed by atoms with van der Waals surface area (Å²) in [5.41, 5.74) is 0.455. The van der Waals surface area contributed by atoms with E-state index in [-0.39, 0.29) is 20.6 Å². The molecule has 0 aromatic heterocycles. The first kappa shape index (κ1) is 17.9. The average molecular weight is 392 g/mol. The van der Waals surface area contributed by atoms with Crippen LogP contribution in [-0.4, -0.2) is 23.9 Å². The molecule has 120 valence electrons. The van der Waals surface area contributed by atoms with Crippen LogP contribution < -0.4 is 5.32 Å². The lowest BCUT2D eigenvalue weighted by molar-refractivity contribution is 0.0841. The molecule has 23 heavy (non-hydrogen) atoms. The summed E-state index contributed by atoms with van der Waals surface area (Å²) in [7, 11) is 1.31. The number of nitrogens with one attached hydrogen (secondary N) is 1. The summed E-state index contributed by atoms with van der Waals surface area (Å²) >= 11 is 23.6. The van der Waals surface area contributed by atoms with Crippen LogP contribution in [0.2, 0.25) is 20.1 Å². The predicted octanol–water partition coefficient (Wildman–Crippen LogP) is 5.60. The number of halogens is 4. The molecular formula is C15H10Cl4N2O2. The van der Waals surface area contributed by atoms with Crippen LogP contribution in [-0.2, 0) is 0 Å². The monoisotopic (exact) mass is 390 g/mol. The fraction of sp³-hybridized carbons (Fsp3) is 0.0667. The number of amides is 3. The van der Waals surface area contributed by atoms with Crippen LogP contribution in [0.5, 0.6) is 0 Å². The first-order chi connectivity index (χ1) is 10.8. The molecule has 2 rings (SSSR count). The van der Waals surface area contributed by atoms with E-state index < -0.39 is 11.9 Å². The van der Waals surface area contributed by atoms with Gasteiger partial charge in [-0.2, -0.15) is 0 Å². The molecule has 0 fully saturated rings. The quantitative estimate of drug-likeness (QED) is 0.723. The molecule has 0 saturated carbocycles. The molecule has 0 unspecified atom stereocenters. The number of nitrogens with zero attached hydrogens (tertiary/aromatic N) is 1. The van der Waals surface area contributed by atoms with Gasteiger partial charge in [0.15, 0.2) is 0 Å². The highest BCUT2D eigenvalue weighted by atomic mass is 35.5. The number of carbonyl (C=O) groups excluding carboxylic acids is 2. The number of rotatable bonds is 2. The standard InChI is InChI=1S/C15H10Cl4N2O2/c1-21(14(22)13-10(17)3-2-4-11(13)18)15(23)20-8-5-6-9(16)12(19)7-8/h2-7H,1H3,(H,20,23). The largest absolute Gasteiger partial charge is 0.328 e. The number of anilines is 1. The third kappa shape index (κ3) is 4.09. The molecular weight excluding hydrogens is 382 g/mol. The third-order valence-electron chi connectivity index (χ3n) is 2.96. The van der Waals surface area contributed by atoms with E-state index in [1.165, 1.54) is 31.3 Å². The maximum atomic E-state index is 12.4. The van der Waals surface area contributed by atoms with Crippen LogP contribution in [0.15, 0.2) is 36.4 Å². The van der Waals surface area contributed by atoms with E-state index in [2.05, 4.69) is 5.32 Å². The van der Waals surface area contributed by atoms with Crippen molar-refractivity contribution < 1.29 is 9.59 Å². The van der Waals surface area contributed by atoms with Gasteiger partial charge < -0.3 is 5.32 Å². The van der Waals surface area contributed by atoms with Crippen molar-refractivity contribution in [2.75, 3.05) is 12.4 Å². The van der Waals surface area contributed by atoms with Gasteiger partial charge in [-0.1, -0.05) is 52.5 Å². The highest BCUT2D eigenvalue weighted by molar-refractivity contribution is 6.42. The number of hydrogen-bond acceptors (Lipinski definition) is 2. The van der Waals surface area contributed by atoms with Crippen LogP contribution in [0.1, 0.15) is 10.4 Å². The molecule has 0 aliphatic carbocycles. The molecule has 0 aliphatic rings. The van der Waals surface area contributed by atoms with Crippen molar-refractivity contribution in [3.8, 4) is 0 Å². The van der Waals surface area contributed by atoms with Crippen LogP contribution in [0.3, 0.4) is 0 Å². The van der Waals surface area contributed by atoms with Crippen molar-refractivity contribution >= 4 is 64.0 Å². The summed E-state index contributed by atoms with van der Waals surface area (Å²) in [6, 6.07) is 8.56. The Bertz CT molecular complexity index is 760. The molecule has 2 aromatic rings. The van der Waals surface area contributed by atoms with Gasteiger partial charge in [-0.25, -0.2) is 4.79 Å². The average Bonchev–Trinajstić information content (AvgIpc) is 2.49. The lowest BCUT2D eigenvalue weighted by Gasteiger charge is -2.18. The molecule has 1 N–H and O–H groups in total. The minimum absolute atomic E-state index is 0.0580. The van der Waals surface area contributed by atoms with Gasteiger partial charge in [0.25, 0.3) is 5.91 Å². The fourth-order valence-corrected chi connectivity index (χ4v) is 2.60. The normalized spacial score (nSPS) is 10.3. The molecule has 0 bridgehead atoms. The number of imide groups is 1. The van der Waals surface area contributed by atoms with Gasteiger partial charge in [-0.3, -0.25) is 9.69 Å². The molecule has 8 heteroatoms. The van der Waals surface area contributed by atoms with Crippen LogP contribution in [0.25, 0.3) is 0 Å². The molecule has 3 amide bonds. The zero-order chi connectivity index (χ0) is 17.1. The summed E-state index contributed by atoms with van der Waals surface area (Å²) in [5.74, 6) is -0.627. The van der Waals surface area contributed by atoms with Crippen molar-refractivity contribution in [3.63, 3.8) is 0 Å². The smallest absolute Gasteiger partial charge is 0.307 e. The lowest BCUT2D eigenvalue weighted by atomic mass is 10.2. The third-order valence-corrected chi connectivity index (χ3v) is 4.33. The van der Waals surface area contributed by atoms with Gasteiger partial charge in [0.2, 0.25) is 0 Å². The van der Waals surface area contributed by atoms with Crippen molar-refractivity contribution in [1.82, 2.24) is 4.90 Å². The second kappa shape index (κ2) is 7.41. The van der Waals surface area contributed by atoms with E-state index in [1.807, 2.05) is 0 Å². The lowest BCUT2D eigenvalue weighted by Crippen LogP contribution is -2.36. The minimum Gasteiger partial charge on any atom is -0.307 e. The first-order valence-electron chi connectivity index (χ1n) is 6.29. The number of urea groups is 1. The van der Waals surface area contributed by atoms with Gasteiger partial charge in [-0.05, 0) is 30.3 Å². The molecule has 0 aliphatic heterocycles. The van der Waals surface area contributed by atoms with Crippen LogP contribution >= 0.6 is 46.4 Å². The van der Waals surface area contributed by atoms with Gasteiger partial charge in [-0.15, -0.1) is 0 Å². The van der Waals surface area contributed by atoms with E-state index in [9.17, 15) is 9.59 Å². The first-order valence-corrected chi connectivity index (χ1v) is 7.80. The molecule has 0 atom stereocenters. The zero-order valence-corrected chi connectivity index (χ0v) is 14.8. The van der Waals surface area contributed by atoms with Crippen LogP contribution in [0, 0.1) is 0 Å². The van der Waals surface area contributed by atoms with Crippen molar-refractivity contribution in [2.24, 2.45) is 0 Å². The maximum Gasteiger partial charge on any atom is 0.328 e. The molecule has 0 radical (unpaired) electrons. The van der Waals surface area contributed by atoms with Gasteiger partial charge in [0.05, 0.1) is 25.7 Å². The topological polar surface area (TPSA) is 49.4 Å². The Hall–Kier alpha value is -1.46. The number of hydrogen-bond donors (Lipinski definition) is 1. The number of benzene rings is 2. The summed E-state index contributed by atoms with van der Waals surface area (Å²) in [6.07, 6.45) is 0. The Morgan fingerprint density at radius 3 is 2.09 bits per heavy atom. The van der Waals surface area contributed by atoms with E-state index in [1.54, 1.807) is 12.1 Å². The summed E-state index contributed by atoms with van der Waals surface area (Å²) < 4.78 is 0. The van der Waals surface area contributed by atoms with E-state index in [0.29, 0.717) is 10.7 Å². The van der Waals surface area contributed by atoms with Crippen molar-refractivity contribution in [3.05, 3.63) is 62.1 Å². The summed E-state index contributed by atoms with van der Waals surface area (Å²) in [5, 5.41) is 3.51. The Balaban J connectivity index is 2.19. The molecule has 0 heterocycles. The van der Waals surface area contributed by atoms with Crippen LogP contribution in [0.4, 0.5) is 10.5 Å². The van der Waals surface area contributed by atoms with Crippen molar-refractivity contribution in [2.45, 2.75) is 0 Å². The van der Waals surface area contributed by atoms with E-state index >= 15 is 0 Å². The maximum absolute atomic E-state index is 12.4. The molecule has 4 nitrogen and oxygen atoms in total. The predicted molar refractivity (Wildman–Crippen MR) is 94.0 cm³/mol. The highest BCUT2D eigenvalue weighted by Crippen LogP contribution is 2.27. The number of carbonyl (C=O) groups is 2. The molecule has 0 saturated heterocycles. The van der Waals surface area contributed by atoms with Gasteiger partial charge in [0.1, 0.15) is 0 Å². The van der Waals surface area contributed by atoms with Gasteiger partial charge in [0, 0.05) is 12.7 Å². The Kier molecular flexibility index (Phi) is 5.76. The summed E-state index contributed by atoms with van der Waals surface area (Å²) in [4.78, 5) is 25.4.